The molecule has 0 spiro atoms. The van der Waals surface area contributed by atoms with Gasteiger partial charge in [-0.2, -0.15) is 11.8 Å². The number of nitrogens with zero attached hydrogens (tertiary/aromatic N) is 2. The Labute approximate surface area is 189 Å². The van der Waals surface area contributed by atoms with Crippen LogP contribution in [-0.4, -0.2) is 49.6 Å². The first kappa shape index (κ1) is 21.7. The number of imidazole rings is 1. The number of thioether (sulfide) groups is 1. The highest BCUT2D eigenvalue weighted by Crippen LogP contribution is 2.32. The second-order valence-corrected chi connectivity index (χ2v) is 8.49. The summed E-state index contributed by atoms with van der Waals surface area (Å²) in [5.41, 5.74) is 3.02. The average Bonchev–Trinajstić information content (AvgIpc) is 3.46. The lowest BCUT2D eigenvalue weighted by Crippen LogP contribution is -2.41. The molecule has 0 aliphatic carbocycles. The Kier molecular flexibility index (Phi) is 6.61. The molecule has 0 fully saturated rings. The quantitative estimate of drug-likeness (QED) is 0.359. The van der Waals surface area contributed by atoms with Crippen molar-refractivity contribution in [3.63, 3.8) is 0 Å². The molecule has 8 heteroatoms. The van der Waals surface area contributed by atoms with E-state index in [9.17, 15) is 14.7 Å². The van der Waals surface area contributed by atoms with Crippen LogP contribution in [0, 0.1) is 0 Å². The van der Waals surface area contributed by atoms with E-state index >= 15 is 0 Å². The number of hydrogen-bond donors (Lipinski definition) is 3. The molecule has 2 heterocycles. The number of hydrogen-bond acceptors (Lipinski definition) is 4. The molecular formula is C24H24N4O3S. The van der Waals surface area contributed by atoms with Crippen LogP contribution >= 0.6 is 11.8 Å². The van der Waals surface area contributed by atoms with Gasteiger partial charge < -0.3 is 20.0 Å². The molecular weight excluding hydrogens is 424 g/mol. The predicted octanol–water partition coefficient (Wildman–Crippen LogP) is 4.02. The molecule has 4 rings (SSSR count). The molecule has 1 amide bonds. The summed E-state index contributed by atoms with van der Waals surface area (Å²) in [6.07, 6.45) is 9.31. The van der Waals surface area contributed by atoms with Crippen LogP contribution in [0.15, 0.2) is 67.4 Å². The van der Waals surface area contributed by atoms with Crippen molar-refractivity contribution in [2.24, 2.45) is 0 Å². The van der Waals surface area contributed by atoms with E-state index in [0.29, 0.717) is 24.3 Å². The number of carboxylic acids is 1. The maximum atomic E-state index is 13.3. The zero-order valence-corrected chi connectivity index (χ0v) is 18.4. The Morgan fingerprint density at radius 1 is 1.16 bits per heavy atom. The van der Waals surface area contributed by atoms with Gasteiger partial charge in [-0.3, -0.25) is 4.79 Å². The summed E-state index contributed by atoms with van der Waals surface area (Å²) in [4.78, 5) is 32.1. The fourth-order valence-corrected chi connectivity index (χ4v) is 4.22. The molecule has 0 bridgehead atoms. The molecule has 164 valence electrons. The summed E-state index contributed by atoms with van der Waals surface area (Å²) in [5.74, 6) is -0.783. The van der Waals surface area contributed by atoms with Crippen molar-refractivity contribution < 1.29 is 14.7 Å². The average molecular weight is 449 g/mol. The molecule has 0 saturated heterocycles. The number of H-pyrrole nitrogens is 1. The summed E-state index contributed by atoms with van der Waals surface area (Å²) in [6.45, 7) is 0.514. The number of carbonyl (C=O) groups is 2. The van der Waals surface area contributed by atoms with E-state index in [-0.39, 0.29) is 0 Å². The Morgan fingerprint density at radius 2 is 1.97 bits per heavy atom. The topological polar surface area (TPSA) is 100 Å². The summed E-state index contributed by atoms with van der Waals surface area (Å²) < 4.78 is 1.91. The van der Waals surface area contributed by atoms with Gasteiger partial charge in [0.05, 0.1) is 24.1 Å². The number of rotatable bonds is 9. The summed E-state index contributed by atoms with van der Waals surface area (Å²) in [7, 11) is 0. The fourth-order valence-electron chi connectivity index (χ4n) is 3.75. The first-order chi connectivity index (χ1) is 15.6. The fraction of sp³-hybridized carbons (Fsp3) is 0.208. The third kappa shape index (κ3) is 4.70. The monoisotopic (exact) mass is 448 g/mol. The van der Waals surface area contributed by atoms with E-state index in [1.54, 1.807) is 30.5 Å². The van der Waals surface area contributed by atoms with Crippen molar-refractivity contribution in [1.82, 2.24) is 19.9 Å². The van der Waals surface area contributed by atoms with Crippen molar-refractivity contribution >= 4 is 34.4 Å². The molecule has 0 aliphatic heterocycles. The van der Waals surface area contributed by atoms with Crippen LogP contribution in [0.5, 0.6) is 0 Å². The second kappa shape index (κ2) is 9.74. The first-order valence-electron chi connectivity index (χ1n) is 10.2. The van der Waals surface area contributed by atoms with Gasteiger partial charge in [0.1, 0.15) is 6.04 Å². The van der Waals surface area contributed by atoms with Crippen molar-refractivity contribution in [2.75, 3.05) is 12.0 Å². The minimum absolute atomic E-state index is 0.362. The summed E-state index contributed by atoms with van der Waals surface area (Å²) in [6, 6.07) is 13.0. The number of carboxylic acid groups (broad SMARTS) is 1. The van der Waals surface area contributed by atoms with E-state index in [1.807, 2.05) is 59.5 Å². The van der Waals surface area contributed by atoms with Gasteiger partial charge in [-0.25, -0.2) is 9.78 Å². The van der Waals surface area contributed by atoms with Crippen molar-refractivity contribution in [3.8, 4) is 11.1 Å². The predicted molar refractivity (Wildman–Crippen MR) is 127 cm³/mol. The molecule has 2 aromatic carbocycles. The maximum Gasteiger partial charge on any atom is 0.326 e. The Morgan fingerprint density at radius 3 is 2.72 bits per heavy atom. The lowest BCUT2D eigenvalue weighted by molar-refractivity contribution is -0.139. The molecule has 2 aromatic heterocycles. The zero-order valence-electron chi connectivity index (χ0n) is 17.6. The zero-order chi connectivity index (χ0) is 22.5. The maximum absolute atomic E-state index is 13.3. The van der Waals surface area contributed by atoms with Crippen LogP contribution in [0.2, 0.25) is 0 Å². The number of carbonyl (C=O) groups excluding carboxylic acids is 1. The molecule has 3 N–H and O–H groups in total. The smallest absolute Gasteiger partial charge is 0.326 e. The lowest BCUT2D eigenvalue weighted by atomic mass is 9.97. The van der Waals surface area contributed by atoms with Gasteiger partial charge in [-0.1, -0.05) is 42.5 Å². The normalized spacial score (nSPS) is 12.0. The van der Waals surface area contributed by atoms with Gasteiger partial charge in [0.15, 0.2) is 0 Å². The lowest BCUT2D eigenvalue weighted by Gasteiger charge is -2.14. The SMILES string of the molecule is CSCC[C@H](NC(=O)c1cn(Cc2cnc[nH]2)cc1-c1cccc2ccccc12)C(=O)O. The number of aliphatic carboxylic acids is 1. The van der Waals surface area contributed by atoms with Crippen LogP contribution in [0.3, 0.4) is 0 Å². The molecule has 4 aromatic rings. The van der Waals surface area contributed by atoms with Crippen LogP contribution in [0.25, 0.3) is 21.9 Å². The van der Waals surface area contributed by atoms with Crippen LogP contribution in [0.1, 0.15) is 22.5 Å². The molecule has 0 saturated carbocycles. The molecule has 0 unspecified atom stereocenters. The third-order valence-electron chi connectivity index (χ3n) is 5.33. The second-order valence-electron chi connectivity index (χ2n) is 7.51. The largest absolute Gasteiger partial charge is 0.480 e. The van der Waals surface area contributed by atoms with Gasteiger partial charge in [-0.15, -0.1) is 0 Å². The van der Waals surface area contributed by atoms with E-state index < -0.39 is 17.9 Å². The van der Waals surface area contributed by atoms with E-state index in [2.05, 4.69) is 15.3 Å². The van der Waals surface area contributed by atoms with Gasteiger partial charge in [-0.05, 0) is 34.8 Å². The standard InChI is InChI=1S/C24H24N4O3S/c1-32-10-9-22(24(30)31)27-23(29)21-14-28(12-17-11-25-15-26-17)13-20(21)19-8-4-6-16-5-2-3-7-18(16)19/h2-8,11,13-15,22H,9-10,12H2,1H3,(H,25,26)(H,27,29)(H,30,31)/t22-/m0/s1. The number of nitrogens with one attached hydrogen (secondary N) is 2. The number of aromatic amines is 1. The molecule has 7 nitrogen and oxygen atoms in total. The summed E-state index contributed by atoms with van der Waals surface area (Å²) in [5, 5.41) is 14.4. The van der Waals surface area contributed by atoms with Crippen LogP contribution in [0.4, 0.5) is 0 Å². The van der Waals surface area contributed by atoms with Crippen molar-refractivity contribution in [2.45, 2.75) is 19.0 Å². The molecule has 0 radical (unpaired) electrons. The van der Waals surface area contributed by atoms with Gasteiger partial charge >= 0.3 is 5.97 Å². The Bertz CT molecular complexity index is 1230. The van der Waals surface area contributed by atoms with Gasteiger partial charge in [0.25, 0.3) is 5.91 Å². The number of benzene rings is 2. The van der Waals surface area contributed by atoms with Crippen LogP contribution in [-0.2, 0) is 11.3 Å². The highest BCUT2D eigenvalue weighted by Gasteiger charge is 2.24. The number of aromatic nitrogens is 3. The van der Waals surface area contributed by atoms with Crippen molar-refractivity contribution in [1.29, 1.82) is 0 Å². The summed E-state index contributed by atoms with van der Waals surface area (Å²) >= 11 is 1.55. The third-order valence-corrected chi connectivity index (χ3v) is 5.97. The molecule has 1 atom stereocenters. The molecule has 32 heavy (non-hydrogen) atoms. The number of amides is 1. The highest BCUT2D eigenvalue weighted by molar-refractivity contribution is 7.98. The van der Waals surface area contributed by atoms with E-state index in [1.165, 1.54) is 0 Å². The van der Waals surface area contributed by atoms with E-state index in [0.717, 1.165) is 27.6 Å². The van der Waals surface area contributed by atoms with Gasteiger partial charge in [0.2, 0.25) is 0 Å². The van der Waals surface area contributed by atoms with Crippen LogP contribution < -0.4 is 5.32 Å². The highest BCUT2D eigenvalue weighted by atomic mass is 32.2. The Balaban J connectivity index is 1.75. The van der Waals surface area contributed by atoms with Gasteiger partial charge in [0, 0.05) is 24.2 Å². The molecule has 0 aliphatic rings. The minimum Gasteiger partial charge on any atom is -0.480 e. The minimum atomic E-state index is -1.03. The number of fused-ring (bicyclic) bond motifs is 1. The van der Waals surface area contributed by atoms with Crippen molar-refractivity contribution in [3.05, 3.63) is 78.6 Å². The Hall–Kier alpha value is -3.52. The first-order valence-corrected chi connectivity index (χ1v) is 11.6. The van der Waals surface area contributed by atoms with E-state index in [4.69, 9.17) is 0 Å².